The Balaban J connectivity index is 3.32. The minimum Gasteiger partial charge on any atom is -0.198 e. The lowest BCUT2D eigenvalue weighted by Crippen LogP contribution is -1.57. The summed E-state index contributed by atoms with van der Waals surface area (Å²) >= 11 is 5.37. The molecule has 0 aromatic heterocycles. The number of nitrogens with zero attached hydrogens (tertiary/aromatic N) is 1. The molecule has 0 aromatic carbocycles. The Labute approximate surface area is 48.2 Å². The molecular weight excluding hydrogens is 110 g/mol. The SMILES string of the molecule is C/C(Cl)=C/CC#N. The number of hydrogen-bond donors (Lipinski definition) is 0. The Morgan fingerprint density at radius 1 is 2.00 bits per heavy atom. The molecule has 0 aromatic rings. The number of allylic oxidation sites excluding steroid dienone is 2. The van der Waals surface area contributed by atoms with Gasteiger partial charge >= 0.3 is 0 Å². The summed E-state index contributed by atoms with van der Waals surface area (Å²) in [5, 5.41) is 8.64. The highest BCUT2D eigenvalue weighted by molar-refractivity contribution is 6.29. The van der Waals surface area contributed by atoms with E-state index in [-0.39, 0.29) is 0 Å². The monoisotopic (exact) mass is 115 g/mol. The molecule has 0 amide bonds. The van der Waals surface area contributed by atoms with Crippen LogP contribution in [-0.4, -0.2) is 0 Å². The van der Waals surface area contributed by atoms with Crippen LogP contribution in [0.25, 0.3) is 0 Å². The van der Waals surface area contributed by atoms with Crippen molar-refractivity contribution in [1.29, 1.82) is 5.26 Å². The van der Waals surface area contributed by atoms with E-state index in [0.717, 1.165) is 0 Å². The van der Waals surface area contributed by atoms with E-state index in [9.17, 15) is 0 Å². The van der Waals surface area contributed by atoms with Crippen molar-refractivity contribution in [2.24, 2.45) is 0 Å². The second kappa shape index (κ2) is 3.70. The maximum atomic E-state index is 7.96. The first-order chi connectivity index (χ1) is 3.27. The molecule has 0 atom stereocenters. The zero-order valence-corrected chi connectivity index (χ0v) is 4.87. The van der Waals surface area contributed by atoms with Crippen LogP contribution >= 0.6 is 11.6 Å². The van der Waals surface area contributed by atoms with Gasteiger partial charge in [-0.05, 0) is 6.92 Å². The first-order valence-corrected chi connectivity index (χ1v) is 2.34. The smallest absolute Gasteiger partial charge is 0.0663 e. The predicted molar refractivity (Wildman–Crippen MR) is 29.8 cm³/mol. The van der Waals surface area contributed by atoms with Crippen LogP contribution in [0.4, 0.5) is 0 Å². The van der Waals surface area contributed by atoms with Crippen LogP contribution in [0.2, 0.25) is 0 Å². The fourth-order valence-corrected chi connectivity index (χ4v) is 0.263. The number of hydrogen-bond acceptors (Lipinski definition) is 1. The van der Waals surface area contributed by atoms with Gasteiger partial charge in [-0.1, -0.05) is 17.7 Å². The van der Waals surface area contributed by atoms with Crippen molar-refractivity contribution < 1.29 is 0 Å². The number of rotatable bonds is 1. The van der Waals surface area contributed by atoms with E-state index >= 15 is 0 Å². The summed E-state index contributed by atoms with van der Waals surface area (Å²) in [6.07, 6.45) is 2.08. The molecule has 0 aliphatic carbocycles. The Kier molecular flexibility index (Phi) is 3.45. The van der Waals surface area contributed by atoms with E-state index in [0.29, 0.717) is 11.5 Å². The van der Waals surface area contributed by atoms with Crippen molar-refractivity contribution in [2.45, 2.75) is 13.3 Å². The van der Waals surface area contributed by atoms with Crippen molar-refractivity contribution in [3.05, 3.63) is 11.1 Å². The summed E-state index contributed by atoms with van der Waals surface area (Å²) in [7, 11) is 0. The second-order valence-electron chi connectivity index (χ2n) is 1.15. The molecule has 2 heteroatoms. The van der Waals surface area contributed by atoms with Gasteiger partial charge in [0.15, 0.2) is 0 Å². The average Bonchev–Trinajstić information content (AvgIpc) is 1.61. The summed E-state index contributed by atoms with van der Waals surface area (Å²) in [4.78, 5) is 0. The third-order valence-electron chi connectivity index (χ3n) is 0.475. The molecule has 0 saturated heterocycles. The molecule has 0 fully saturated rings. The fraction of sp³-hybridized carbons (Fsp3) is 0.400. The number of nitriles is 1. The zero-order valence-electron chi connectivity index (χ0n) is 4.11. The highest BCUT2D eigenvalue weighted by atomic mass is 35.5. The molecule has 0 heterocycles. The summed E-state index contributed by atoms with van der Waals surface area (Å²) in [6.45, 7) is 1.75. The van der Waals surface area contributed by atoms with E-state index < -0.39 is 0 Å². The summed E-state index contributed by atoms with van der Waals surface area (Å²) in [5.41, 5.74) is 0. The van der Waals surface area contributed by atoms with Gasteiger partial charge in [0.25, 0.3) is 0 Å². The van der Waals surface area contributed by atoms with Gasteiger partial charge in [-0.2, -0.15) is 5.26 Å². The molecule has 0 N–H and O–H groups in total. The van der Waals surface area contributed by atoms with Crippen molar-refractivity contribution in [2.75, 3.05) is 0 Å². The topological polar surface area (TPSA) is 23.8 Å². The highest BCUT2D eigenvalue weighted by Crippen LogP contribution is 1.97. The largest absolute Gasteiger partial charge is 0.198 e. The van der Waals surface area contributed by atoms with Gasteiger partial charge in [-0.15, -0.1) is 0 Å². The van der Waals surface area contributed by atoms with Crippen molar-refractivity contribution in [1.82, 2.24) is 0 Å². The quantitative estimate of drug-likeness (QED) is 0.513. The van der Waals surface area contributed by atoms with E-state index in [1.165, 1.54) is 0 Å². The third-order valence-corrected chi connectivity index (χ3v) is 0.629. The molecule has 1 nitrogen and oxygen atoms in total. The Morgan fingerprint density at radius 3 is 2.71 bits per heavy atom. The molecule has 0 aliphatic heterocycles. The van der Waals surface area contributed by atoms with E-state index in [2.05, 4.69) is 0 Å². The molecule has 0 aliphatic rings. The standard InChI is InChI=1S/C5H6ClN/c1-5(6)3-2-4-7/h3H,2H2,1H3/b5-3-. The first-order valence-electron chi connectivity index (χ1n) is 1.96. The van der Waals surface area contributed by atoms with Crippen LogP contribution in [0.1, 0.15) is 13.3 Å². The van der Waals surface area contributed by atoms with Crippen molar-refractivity contribution in [3.63, 3.8) is 0 Å². The minimum absolute atomic E-state index is 0.412. The summed E-state index contributed by atoms with van der Waals surface area (Å²) < 4.78 is 0. The van der Waals surface area contributed by atoms with Gasteiger partial charge in [-0.25, -0.2) is 0 Å². The third kappa shape index (κ3) is 5.52. The lowest BCUT2D eigenvalue weighted by atomic mass is 10.4. The molecule has 38 valence electrons. The van der Waals surface area contributed by atoms with Gasteiger partial charge in [-0.3, -0.25) is 0 Å². The van der Waals surface area contributed by atoms with Gasteiger partial charge < -0.3 is 0 Å². The van der Waals surface area contributed by atoms with Crippen LogP contribution in [0.15, 0.2) is 11.1 Å². The van der Waals surface area contributed by atoms with Crippen molar-refractivity contribution in [3.8, 4) is 6.07 Å². The average molecular weight is 116 g/mol. The minimum atomic E-state index is 0.412. The van der Waals surface area contributed by atoms with Crippen LogP contribution < -0.4 is 0 Å². The van der Waals surface area contributed by atoms with Crippen molar-refractivity contribution >= 4 is 11.6 Å². The molecule has 0 bridgehead atoms. The molecule has 0 spiro atoms. The molecule has 0 radical (unpaired) electrons. The fourth-order valence-electron chi connectivity index (χ4n) is 0.186. The zero-order chi connectivity index (χ0) is 5.70. The predicted octanol–water partition coefficient (Wildman–Crippen LogP) is 2.04. The Hall–Kier alpha value is -0.480. The number of halogens is 1. The van der Waals surface area contributed by atoms with Crippen LogP contribution in [0.3, 0.4) is 0 Å². The first kappa shape index (κ1) is 6.52. The van der Waals surface area contributed by atoms with Crippen LogP contribution in [0, 0.1) is 11.3 Å². The molecular formula is C5H6ClN. The van der Waals surface area contributed by atoms with Gasteiger partial charge in [0, 0.05) is 5.03 Å². The van der Waals surface area contributed by atoms with Gasteiger partial charge in [0.05, 0.1) is 12.5 Å². The Bertz CT molecular complexity index is 106. The molecule has 7 heavy (non-hydrogen) atoms. The lowest BCUT2D eigenvalue weighted by Gasteiger charge is -1.75. The molecule has 0 rings (SSSR count). The van der Waals surface area contributed by atoms with Gasteiger partial charge in [0.1, 0.15) is 0 Å². The summed E-state index contributed by atoms with van der Waals surface area (Å²) in [6, 6.07) is 1.94. The molecule has 0 saturated carbocycles. The Morgan fingerprint density at radius 2 is 2.57 bits per heavy atom. The van der Waals surface area contributed by atoms with Crippen LogP contribution in [-0.2, 0) is 0 Å². The molecule has 0 unspecified atom stereocenters. The van der Waals surface area contributed by atoms with E-state index in [1.807, 2.05) is 6.07 Å². The maximum absolute atomic E-state index is 7.96. The maximum Gasteiger partial charge on any atom is 0.0663 e. The highest BCUT2D eigenvalue weighted by Gasteiger charge is 1.74. The van der Waals surface area contributed by atoms with E-state index in [1.54, 1.807) is 13.0 Å². The van der Waals surface area contributed by atoms with E-state index in [4.69, 9.17) is 16.9 Å². The van der Waals surface area contributed by atoms with Gasteiger partial charge in [0.2, 0.25) is 0 Å². The normalized spacial score (nSPS) is 10.7. The second-order valence-corrected chi connectivity index (χ2v) is 1.75. The summed E-state index contributed by atoms with van der Waals surface area (Å²) in [5.74, 6) is 0. The van der Waals surface area contributed by atoms with Crippen LogP contribution in [0.5, 0.6) is 0 Å². The lowest BCUT2D eigenvalue weighted by molar-refractivity contribution is 1.34.